The number of thioether (sulfide) groups is 1. The lowest BCUT2D eigenvalue weighted by Gasteiger charge is -2.15. The van der Waals surface area contributed by atoms with Gasteiger partial charge in [0.25, 0.3) is 5.91 Å². The summed E-state index contributed by atoms with van der Waals surface area (Å²) in [5.41, 5.74) is 2.81. The molecule has 1 saturated heterocycles. The maximum atomic E-state index is 12.7. The Kier molecular flexibility index (Phi) is 4.89. The summed E-state index contributed by atoms with van der Waals surface area (Å²) in [5.74, 6) is -0.0748. The SMILES string of the molecule is Cc1ccc(Cl)cc1NC1NC(=O)/C(=C/c2c3ccccc3cc3ccccc23)S1. The Morgan fingerprint density at radius 3 is 2.33 bits per heavy atom. The van der Waals surface area contributed by atoms with Gasteiger partial charge in [-0.2, -0.15) is 0 Å². The third-order valence-corrected chi connectivity index (χ3v) is 6.57. The number of aryl methyl sites for hydroxylation is 1. The van der Waals surface area contributed by atoms with E-state index in [0.717, 1.165) is 38.4 Å². The second kappa shape index (κ2) is 7.71. The molecule has 0 aromatic heterocycles. The van der Waals surface area contributed by atoms with Crippen LogP contribution in [-0.4, -0.2) is 11.4 Å². The van der Waals surface area contributed by atoms with Crippen LogP contribution in [0.1, 0.15) is 11.1 Å². The van der Waals surface area contributed by atoms with Crippen molar-refractivity contribution >= 4 is 62.6 Å². The number of hydrogen-bond donors (Lipinski definition) is 2. The van der Waals surface area contributed by atoms with Gasteiger partial charge in [-0.15, -0.1) is 0 Å². The molecule has 1 heterocycles. The van der Waals surface area contributed by atoms with Crippen LogP contribution in [0.2, 0.25) is 5.02 Å². The molecular formula is C25H19ClN2OS. The fourth-order valence-corrected chi connectivity index (χ4v) is 4.92. The highest BCUT2D eigenvalue weighted by atomic mass is 35.5. The van der Waals surface area contributed by atoms with Crippen LogP contribution in [0.25, 0.3) is 27.6 Å². The normalized spacial score (nSPS) is 17.6. The first-order valence-corrected chi connectivity index (χ1v) is 11.0. The van der Waals surface area contributed by atoms with Crippen LogP contribution in [0.3, 0.4) is 0 Å². The number of carbonyl (C=O) groups is 1. The minimum absolute atomic E-state index is 0.0748. The first kappa shape index (κ1) is 19.0. The number of anilines is 1. The van der Waals surface area contributed by atoms with E-state index in [2.05, 4.69) is 41.0 Å². The quantitative estimate of drug-likeness (QED) is 0.286. The Bertz CT molecular complexity index is 1280. The summed E-state index contributed by atoms with van der Waals surface area (Å²) in [6, 6.07) is 24.5. The van der Waals surface area contributed by atoms with E-state index >= 15 is 0 Å². The van der Waals surface area contributed by atoms with Gasteiger partial charge in [0.05, 0.1) is 4.91 Å². The van der Waals surface area contributed by atoms with Crippen molar-refractivity contribution in [3.8, 4) is 0 Å². The van der Waals surface area contributed by atoms with Gasteiger partial charge in [-0.25, -0.2) is 0 Å². The second-order valence-electron chi connectivity index (χ2n) is 7.32. The molecule has 5 rings (SSSR count). The Morgan fingerprint density at radius 1 is 0.967 bits per heavy atom. The molecule has 0 spiro atoms. The van der Waals surface area contributed by atoms with Crippen LogP contribution in [0.15, 0.2) is 77.7 Å². The summed E-state index contributed by atoms with van der Waals surface area (Å²) in [5, 5.41) is 11.7. The van der Waals surface area contributed by atoms with Crippen molar-refractivity contribution in [2.75, 3.05) is 5.32 Å². The smallest absolute Gasteiger partial charge is 0.260 e. The van der Waals surface area contributed by atoms with Gasteiger partial charge < -0.3 is 10.6 Å². The van der Waals surface area contributed by atoms with Crippen LogP contribution in [0.5, 0.6) is 0 Å². The zero-order valence-corrected chi connectivity index (χ0v) is 17.8. The van der Waals surface area contributed by atoms with Crippen molar-refractivity contribution in [3.05, 3.63) is 93.9 Å². The van der Waals surface area contributed by atoms with E-state index in [9.17, 15) is 4.79 Å². The summed E-state index contributed by atoms with van der Waals surface area (Å²) in [4.78, 5) is 13.4. The largest absolute Gasteiger partial charge is 0.356 e. The molecule has 1 fully saturated rings. The topological polar surface area (TPSA) is 41.1 Å². The van der Waals surface area contributed by atoms with E-state index < -0.39 is 0 Å². The van der Waals surface area contributed by atoms with E-state index in [1.54, 1.807) is 0 Å². The van der Waals surface area contributed by atoms with Gasteiger partial charge in [-0.3, -0.25) is 4.79 Å². The molecule has 1 unspecified atom stereocenters. The maximum Gasteiger partial charge on any atom is 0.260 e. The van der Waals surface area contributed by atoms with Crippen molar-refractivity contribution in [2.24, 2.45) is 0 Å². The lowest BCUT2D eigenvalue weighted by Crippen LogP contribution is -2.31. The molecule has 5 heteroatoms. The predicted molar refractivity (Wildman–Crippen MR) is 129 cm³/mol. The van der Waals surface area contributed by atoms with E-state index in [4.69, 9.17) is 11.6 Å². The number of fused-ring (bicyclic) bond motifs is 2. The minimum atomic E-state index is -0.248. The molecule has 1 atom stereocenters. The number of hydrogen-bond acceptors (Lipinski definition) is 3. The van der Waals surface area contributed by atoms with Crippen LogP contribution in [-0.2, 0) is 4.79 Å². The first-order valence-electron chi connectivity index (χ1n) is 9.71. The third kappa shape index (κ3) is 3.53. The number of nitrogens with one attached hydrogen (secondary N) is 2. The number of benzene rings is 4. The number of carbonyl (C=O) groups excluding carboxylic acids is 1. The lowest BCUT2D eigenvalue weighted by molar-refractivity contribution is -0.116. The summed E-state index contributed by atoms with van der Waals surface area (Å²) >= 11 is 7.62. The van der Waals surface area contributed by atoms with Crippen LogP contribution >= 0.6 is 23.4 Å². The van der Waals surface area contributed by atoms with E-state index in [1.807, 2.05) is 55.5 Å². The van der Waals surface area contributed by atoms with E-state index in [1.165, 1.54) is 11.8 Å². The number of rotatable bonds is 3. The lowest BCUT2D eigenvalue weighted by atomic mass is 9.96. The highest BCUT2D eigenvalue weighted by molar-refractivity contribution is 8.05. The Balaban J connectivity index is 1.54. The Hall–Kier alpha value is -2.95. The van der Waals surface area contributed by atoms with Crippen molar-refractivity contribution in [1.82, 2.24) is 5.32 Å². The highest BCUT2D eigenvalue weighted by Gasteiger charge is 2.28. The maximum absolute atomic E-state index is 12.7. The molecule has 1 amide bonds. The average Bonchev–Trinajstić information content (AvgIpc) is 3.09. The van der Waals surface area contributed by atoms with Crippen LogP contribution < -0.4 is 10.6 Å². The monoisotopic (exact) mass is 430 g/mol. The van der Waals surface area contributed by atoms with E-state index in [-0.39, 0.29) is 11.4 Å². The van der Waals surface area contributed by atoms with Gasteiger partial charge >= 0.3 is 0 Å². The van der Waals surface area contributed by atoms with Gasteiger partial charge in [0.2, 0.25) is 0 Å². The molecule has 148 valence electrons. The number of amides is 1. The molecule has 4 aromatic rings. The molecule has 1 aliphatic heterocycles. The Labute approximate surface area is 184 Å². The first-order chi connectivity index (χ1) is 14.6. The fourth-order valence-electron chi connectivity index (χ4n) is 3.79. The molecular weight excluding hydrogens is 412 g/mol. The van der Waals surface area contributed by atoms with Gasteiger partial charge in [0.15, 0.2) is 5.50 Å². The second-order valence-corrected chi connectivity index (χ2v) is 8.90. The van der Waals surface area contributed by atoms with Gasteiger partial charge in [-0.05, 0) is 63.9 Å². The van der Waals surface area contributed by atoms with Crippen LogP contribution in [0.4, 0.5) is 5.69 Å². The molecule has 0 radical (unpaired) electrons. The van der Waals surface area contributed by atoms with Crippen molar-refractivity contribution in [2.45, 2.75) is 12.4 Å². The van der Waals surface area contributed by atoms with Gasteiger partial charge in [0.1, 0.15) is 0 Å². The Morgan fingerprint density at radius 2 is 1.63 bits per heavy atom. The van der Waals surface area contributed by atoms with E-state index in [0.29, 0.717) is 9.93 Å². The zero-order chi connectivity index (χ0) is 20.7. The van der Waals surface area contributed by atoms with Gasteiger partial charge in [-0.1, -0.05) is 78.0 Å². The summed E-state index contributed by atoms with van der Waals surface area (Å²) in [6.45, 7) is 2.01. The number of halogens is 1. The fraction of sp³-hybridized carbons (Fsp3) is 0.0800. The standard InChI is InChI=1S/C25H19ClN2OS/c1-15-10-11-18(26)13-22(15)27-25-28-24(29)23(30-25)14-21-19-8-4-2-6-16(19)12-17-7-3-5-9-20(17)21/h2-14,25,27H,1H3,(H,28,29)/b23-14-. The summed E-state index contributed by atoms with van der Waals surface area (Å²) in [7, 11) is 0. The molecule has 0 aliphatic carbocycles. The summed E-state index contributed by atoms with van der Waals surface area (Å²) in [6.07, 6.45) is 2.01. The van der Waals surface area contributed by atoms with Crippen LogP contribution in [0, 0.1) is 6.92 Å². The molecule has 30 heavy (non-hydrogen) atoms. The third-order valence-electron chi connectivity index (χ3n) is 5.31. The molecule has 3 nitrogen and oxygen atoms in total. The molecule has 0 bridgehead atoms. The molecule has 4 aromatic carbocycles. The molecule has 2 N–H and O–H groups in total. The van der Waals surface area contributed by atoms with Crippen molar-refractivity contribution < 1.29 is 4.79 Å². The van der Waals surface area contributed by atoms with Gasteiger partial charge in [0, 0.05) is 10.7 Å². The van der Waals surface area contributed by atoms with Crippen molar-refractivity contribution in [1.29, 1.82) is 0 Å². The highest BCUT2D eigenvalue weighted by Crippen LogP contribution is 2.35. The summed E-state index contributed by atoms with van der Waals surface area (Å²) < 4.78 is 0. The minimum Gasteiger partial charge on any atom is -0.356 e. The zero-order valence-electron chi connectivity index (χ0n) is 16.3. The predicted octanol–water partition coefficient (Wildman–Crippen LogP) is 6.55. The molecule has 1 aliphatic rings. The molecule has 0 saturated carbocycles. The van der Waals surface area contributed by atoms with Crippen molar-refractivity contribution in [3.63, 3.8) is 0 Å². The average molecular weight is 431 g/mol.